The summed E-state index contributed by atoms with van der Waals surface area (Å²) in [7, 11) is 0. The molecule has 0 bridgehead atoms. The minimum atomic E-state index is -2.90. The van der Waals surface area contributed by atoms with Gasteiger partial charge in [-0.3, -0.25) is 4.79 Å². The number of halogens is 3. The molecule has 1 aromatic carbocycles. The van der Waals surface area contributed by atoms with E-state index in [0.717, 1.165) is 6.07 Å². The first-order chi connectivity index (χ1) is 14.7. The van der Waals surface area contributed by atoms with Crippen LogP contribution < -0.4 is 10.9 Å². The van der Waals surface area contributed by atoms with Crippen LogP contribution >= 0.6 is 0 Å². The van der Waals surface area contributed by atoms with Gasteiger partial charge in [0.15, 0.2) is 0 Å². The SMILES string of the molecule is Cc1nc(N[C@@H](C)c2cccc(C(F)F)c2F)c2cn(C3(C)CCOC3)c(=O)cc2n1. The minimum Gasteiger partial charge on any atom is -0.379 e. The fraction of sp³-hybridized carbons (Fsp3) is 0.409. The number of benzene rings is 1. The van der Waals surface area contributed by atoms with Gasteiger partial charge in [-0.05, 0) is 27.2 Å². The Bertz CT molecular complexity index is 1190. The van der Waals surface area contributed by atoms with E-state index >= 15 is 0 Å². The third kappa shape index (κ3) is 3.89. The summed E-state index contributed by atoms with van der Waals surface area (Å²) >= 11 is 0. The number of pyridine rings is 1. The van der Waals surface area contributed by atoms with Crippen LogP contribution in [0, 0.1) is 12.7 Å². The van der Waals surface area contributed by atoms with Crippen LogP contribution in [0.4, 0.5) is 19.0 Å². The number of nitrogens with zero attached hydrogens (tertiary/aromatic N) is 3. The van der Waals surface area contributed by atoms with E-state index in [1.165, 1.54) is 18.2 Å². The van der Waals surface area contributed by atoms with Gasteiger partial charge >= 0.3 is 0 Å². The molecule has 2 aromatic heterocycles. The summed E-state index contributed by atoms with van der Waals surface area (Å²) in [6.45, 7) is 6.27. The fourth-order valence-electron chi connectivity index (χ4n) is 3.95. The summed E-state index contributed by atoms with van der Waals surface area (Å²) in [5.41, 5.74) is -0.776. The monoisotopic (exact) mass is 432 g/mol. The molecule has 0 aliphatic carbocycles. The van der Waals surface area contributed by atoms with E-state index in [0.29, 0.717) is 42.2 Å². The van der Waals surface area contributed by atoms with E-state index in [1.807, 2.05) is 6.92 Å². The fourth-order valence-corrected chi connectivity index (χ4v) is 3.95. The number of nitrogens with one attached hydrogen (secondary N) is 1. The van der Waals surface area contributed by atoms with Gasteiger partial charge in [0.05, 0.1) is 34.7 Å². The first-order valence-electron chi connectivity index (χ1n) is 10.0. The number of hydrogen-bond donors (Lipinski definition) is 1. The molecule has 6 nitrogen and oxygen atoms in total. The minimum absolute atomic E-state index is 0.103. The van der Waals surface area contributed by atoms with Crippen LogP contribution in [0.2, 0.25) is 0 Å². The summed E-state index contributed by atoms with van der Waals surface area (Å²) in [5, 5.41) is 3.70. The average Bonchev–Trinajstić information content (AvgIpc) is 3.14. The molecule has 9 heteroatoms. The van der Waals surface area contributed by atoms with E-state index in [-0.39, 0.29) is 11.1 Å². The van der Waals surface area contributed by atoms with Crippen molar-refractivity contribution in [2.24, 2.45) is 0 Å². The molecule has 3 heterocycles. The van der Waals surface area contributed by atoms with E-state index in [9.17, 15) is 18.0 Å². The van der Waals surface area contributed by atoms with E-state index < -0.39 is 29.4 Å². The molecule has 3 aromatic rings. The Kier molecular flexibility index (Phi) is 5.47. The standard InChI is InChI=1S/C22H23F3N4O2/c1-12(14-5-4-6-15(19(14)23)20(24)25)26-21-16-10-29(22(3)7-8-31-11-22)18(30)9-17(16)27-13(2)28-21/h4-6,9-10,12,20H,7-8,11H2,1-3H3,(H,26,27,28)/t12-,22?/m0/s1. The van der Waals surface area contributed by atoms with Crippen molar-refractivity contribution in [2.45, 2.75) is 45.2 Å². The van der Waals surface area contributed by atoms with Crippen LogP contribution in [0.15, 0.2) is 35.3 Å². The summed E-state index contributed by atoms with van der Waals surface area (Å²) < 4.78 is 47.9. The Morgan fingerprint density at radius 2 is 2.00 bits per heavy atom. The number of hydrogen-bond acceptors (Lipinski definition) is 5. The number of rotatable bonds is 5. The quantitative estimate of drug-likeness (QED) is 0.644. The Labute approximate surface area is 177 Å². The topological polar surface area (TPSA) is 69.0 Å². The molecule has 1 aliphatic rings. The van der Waals surface area contributed by atoms with Gasteiger partial charge in [0.25, 0.3) is 12.0 Å². The second-order valence-corrected chi connectivity index (χ2v) is 8.12. The molecule has 0 amide bonds. The number of alkyl halides is 2. The van der Waals surface area contributed by atoms with Gasteiger partial charge < -0.3 is 14.6 Å². The molecule has 164 valence electrons. The first-order valence-corrected chi connectivity index (χ1v) is 10.0. The number of anilines is 1. The third-order valence-electron chi connectivity index (χ3n) is 5.74. The summed E-state index contributed by atoms with van der Waals surface area (Å²) in [5.74, 6) is -0.121. The molecule has 0 saturated carbocycles. The zero-order valence-electron chi connectivity index (χ0n) is 17.5. The largest absolute Gasteiger partial charge is 0.379 e. The van der Waals surface area contributed by atoms with E-state index in [2.05, 4.69) is 15.3 Å². The lowest BCUT2D eigenvalue weighted by molar-refractivity contribution is 0.146. The highest BCUT2D eigenvalue weighted by molar-refractivity contribution is 5.88. The van der Waals surface area contributed by atoms with Crippen LogP contribution in [-0.4, -0.2) is 27.7 Å². The molecule has 31 heavy (non-hydrogen) atoms. The van der Waals surface area contributed by atoms with Crippen LogP contribution in [-0.2, 0) is 10.3 Å². The van der Waals surface area contributed by atoms with Crippen molar-refractivity contribution in [3.63, 3.8) is 0 Å². The highest BCUT2D eigenvalue weighted by atomic mass is 19.3. The van der Waals surface area contributed by atoms with E-state index in [4.69, 9.17) is 4.74 Å². The Morgan fingerprint density at radius 1 is 1.26 bits per heavy atom. The molecule has 1 unspecified atom stereocenters. The van der Waals surface area contributed by atoms with Gasteiger partial charge in [0.1, 0.15) is 17.5 Å². The first kappa shape index (κ1) is 21.3. The van der Waals surface area contributed by atoms with Crippen molar-refractivity contribution in [2.75, 3.05) is 18.5 Å². The van der Waals surface area contributed by atoms with Crippen LogP contribution in [0.1, 0.15) is 49.7 Å². The average molecular weight is 432 g/mol. The van der Waals surface area contributed by atoms with Gasteiger partial charge in [0.2, 0.25) is 0 Å². The Hall–Kier alpha value is -2.94. The van der Waals surface area contributed by atoms with Crippen molar-refractivity contribution in [3.05, 3.63) is 63.6 Å². The molecule has 2 atom stereocenters. The molecule has 4 rings (SSSR count). The summed E-state index contributed by atoms with van der Waals surface area (Å²) in [4.78, 5) is 21.5. The maximum Gasteiger partial charge on any atom is 0.266 e. The second-order valence-electron chi connectivity index (χ2n) is 8.12. The van der Waals surface area contributed by atoms with Crippen molar-refractivity contribution in [3.8, 4) is 0 Å². The van der Waals surface area contributed by atoms with Gasteiger partial charge in [-0.1, -0.05) is 18.2 Å². The van der Waals surface area contributed by atoms with Crippen LogP contribution in [0.5, 0.6) is 0 Å². The van der Waals surface area contributed by atoms with Crippen LogP contribution in [0.25, 0.3) is 10.9 Å². The van der Waals surface area contributed by atoms with Crippen molar-refractivity contribution in [1.29, 1.82) is 0 Å². The van der Waals surface area contributed by atoms with Gasteiger partial charge in [0, 0.05) is 24.4 Å². The number of aryl methyl sites for hydroxylation is 1. The Morgan fingerprint density at radius 3 is 2.68 bits per heavy atom. The number of aromatic nitrogens is 3. The maximum atomic E-state index is 14.6. The predicted molar refractivity (Wildman–Crippen MR) is 111 cm³/mol. The highest BCUT2D eigenvalue weighted by Gasteiger charge is 2.33. The van der Waals surface area contributed by atoms with Gasteiger partial charge in [-0.2, -0.15) is 0 Å². The maximum absolute atomic E-state index is 14.6. The smallest absolute Gasteiger partial charge is 0.266 e. The van der Waals surface area contributed by atoms with E-state index in [1.54, 1.807) is 24.6 Å². The lowest BCUT2D eigenvalue weighted by Crippen LogP contribution is -2.38. The molecule has 1 fully saturated rings. The molecule has 0 radical (unpaired) electrons. The number of ether oxygens (including phenoxy) is 1. The molecular weight excluding hydrogens is 409 g/mol. The summed E-state index contributed by atoms with van der Waals surface area (Å²) in [6, 6.07) is 4.73. The van der Waals surface area contributed by atoms with Crippen molar-refractivity contribution >= 4 is 16.7 Å². The lowest BCUT2D eigenvalue weighted by Gasteiger charge is -2.26. The van der Waals surface area contributed by atoms with Crippen molar-refractivity contribution < 1.29 is 17.9 Å². The Balaban J connectivity index is 1.79. The highest BCUT2D eigenvalue weighted by Crippen LogP contribution is 2.31. The second kappa shape index (κ2) is 7.96. The summed E-state index contributed by atoms with van der Waals surface area (Å²) in [6.07, 6.45) is -0.527. The molecular formula is C22H23F3N4O2. The molecule has 1 N–H and O–H groups in total. The molecule has 0 spiro atoms. The zero-order chi connectivity index (χ0) is 22.3. The predicted octanol–water partition coefficient (Wildman–Crippen LogP) is 4.49. The zero-order valence-corrected chi connectivity index (χ0v) is 17.5. The van der Waals surface area contributed by atoms with Crippen LogP contribution in [0.3, 0.4) is 0 Å². The molecule has 1 aliphatic heterocycles. The lowest BCUT2D eigenvalue weighted by atomic mass is 10.0. The third-order valence-corrected chi connectivity index (χ3v) is 5.74. The number of fused-ring (bicyclic) bond motifs is 1. The molecule has 1 saturated heterocycles. The van der Waals surface area contributed by atoms with Gasteiger partial charge in [-0.25, -0.2) is 23.1 Å². The van der Waals surface area contributed by atoms with Gasteiger partial charge in [-0.15, -0.1) is 0 Å². The van der Waals surface area contributed by atoms with Crippen molar-refractivity contribution in [1.82, 2.24) is 14.5 Å². The normalized spacial score (nSPS) is 19.8.